The van der Waals surface area contributed by atoms with Crippen molar-refractivity contribution in [3.63, 3.8) is 0 Å². The Kier molecular flexibility index (Phi) is 3.49. The molecule has 0 aliphatic carbocycles. The van der Waals surface area contributed by atoms with Crippen LogP contribution in [0.5, 0.6) is 5.75 Å². The van der Waals surface area contributed by atoms with Gasteiger partial charge < -0.3 is 10.8 Å². The third-order valence-electron chi connectivity index (χ3n) is 2.23. The fourth-order valence-corrected chi connectivity index (χ4v) is 2.22. The van der Waals surface area contributed by atoms with Gasteiger partial charge in [-0.25, -0.2) is 9.97 Å². The minimum Gasteiger partial charge on any atom is -0.508 e. The van der Waals surface area contributed by atoms with Crippen LogP contribution in [0.15, 0.2) is 35.6 Å². The second-order valence-electron chi connectivity index (χ2n) is 3.66. The molecule has 1 aromatic carbocycles. The normalized spacial score (nSPS) is 10.4. The Morgan fingerprint density at radius 1 is 1.35 bits per heavy atom. The third kappa shape index (κ3) is 3.10. The van der Waals surface area contributed by atoms with Crippen molar-refractivity contribution < 1.29 is 5.11 Å². The van der Waals surface area contributed by atoms with Crippen molar-refractivity contribution in [1.29, 1.82) is 0 Å². The molecular formula is C12H13N3OS. The van der Waals surface area contributed by atoms with Crippen molar-refractivity contribution >= 4 is 17.4 Å². The number of rotatable bonds is 3. The second kappa shape index (κ2) is 5.05. The summed E-state index contributed by atoms with van der Waals surface area (Å²) >= 11 is 1.47. The van der Waals surface area contributed by atoms with Crippen molar-refractivity contribution in [2.45, 2.75) is 17.8 Å². The van der Waals surface area contributed by atoms with Gasteiger partial charge in [-0.1, -0.05) is 11.8 Å². The first-order valence-corrected chi connectivity index (χ1v) is 6.13. The summed E-state index contributed by atoms with van der Waals surface area (Å²) in [6.45, 7) is 1.92. The Hall–Kier alpha value is -1.75. The number of anilines is 1. The van der Waals surface area contributed by atoms with Crippen LogP contribution in [-0.4, -0.2) is 15.1 Å². The van der Waals surface area contributed by atoms with Crippen LogP contribution in [0.3, 0.4) is 0 Å². The van der Waals surface area contributed by atoms with Crippen LogP contribution in [0.4, 0.5) is 5.69 Å². The highest BCUT2D eigenvalue weighted by Crippen LogP contribution is 2.26. The molecule has 0 atom stereocenters. The summed E-state index contributed by atoms with van der Waals surface area (Å²) in [7, 11) is 0. The average molecular weight is 247 g/mol. The summed E-state index contributed by atoms with van der Waals surface area (Å²) in [6, 6.07) is 6.88. The summed E-state index contributed by atoms with van der Waals surface area (Å²) in [5.74, 6) is 0.847. The Labute approximate surface area is 104 Å². The van der Waals surface area contributed by atoms with Crippen molar-refractivity contribution in [3.05, 3.63) is 41.7 Å². The lowest BCUT2D eigenvalue weighted by Crippen LogP contribution is -1.91. The Balaban J connectivity index is 2.09. The quantitative estimate of drug-likeness (QED) is 0.377. The molecule has 0 aliphatic rings. The molecule has 1 heterocycles. The Morgan fingerprint density at radius 2 is 2.18 bits per heavy atom. The monoisotopic (exact) mass is 247 g/mol. The zero-order chi connectivity index (χ0) is 12.3. The molecule has 0 fully saturated rings. The van der Waals surface area contributed by atoms with Crippen LogP contribution >= 0.6 is 11.8 Å². The van der Waals surface area contributed by atoms with Crippen LogP contribution in [0.2, 0.25) is 0 Å². The number of phenolic OH excluding ortho intramolecular Hbond substituents is 1. The van der Waals surface area contributed by atoms with Gasteiger partial charge in [-0.3, -0.25) is 0 Å². The highest BCUT2D eigenvalue weighted by molar-refractivity contribution is 7.98. The predicted octanol–water partition coefficient (Wildman–Crippen LogP) is 2.37. The number of nitrogens with two attached hydrogens (primary N) is 1. The second-order valence-corrected chi connectivity index (χ2v) is 4.60. The number of benzene rings is 1. The van der Waals surface area contributed by atoms with Crippen LogP contribution in [0.25, 0.3) is 0 Å². The van der Waals surface area contributed by atoms with E-state index in [1.807, 2.05) is 13.0 Å². The van der Waals surface area contributed by atoms with Gasteiger partial charge in [0.2, 0.25) is 0 Å². The van der Waals surface area contributed by atoms with E-state index in [9.17, 15) is 5.11 Å². The first-order valence-electron chi connectivity index (χ1n) is 5.15. The molecule has 0 aliphatic heterocycles. The van der Waals surface area contributed by atoms with E-state index in [-0.39, 0.29) is 5.75 Å². The molecule has 2 aromatic rings. The topological polar surface area (TPSA) is 72.0 Å². The lowest BCUT2D eigenvalue weighted by molar-refractivity contribution is 0.471. The van der Waals surface area contributed by atoms with Gasteiger partial charge in [-0.15, -0.1) is 0 Å². The number of nitrogens with zero attached hydrogens (tertiary/aromatic N) is 2. The number of thioether (sulfide) groups is 1. The maximum Gasteiger partial charge on any atom is 0.188 e. The van der Waals surface area contributed by atoms with Crippen molar-refractivity contribution in [3.8, 4) is 5.75 Å². The van der Waals surface area contributed by atoms with E-state index >= 15 is 0 Å². The van der Waals surface area contributed by atoms with E-state index < -0.39 is 0 Å². The molecule has 0 unspecified atom stereocenters. The molecule has 0 amide bonds. The molecule has 0 bridgehead atoms. The van der Waals surface area contributed by atoms with E-state index in [0.29, 0.717) is 16.6 Å². The van der Waals surface area contributed by atoms with E-state index in [4.69, 9.17) is 5.73 Å². The molecule has 0 saturated heterocycles. The zero-order valence-corrected chi connectivity index (χ0v) is 10.2. The molecule has 2 rings (SSSR count). The summed E-state index contributed by atoms with van der Waals surface area (Å²) in [4.78, 5) is 8.43. The molecule has 0 saturated carbocycles. The van der Waals surface area contributed by atoms with Crippen LogP contribution < -0.4 is 5.73 Å². The number of aromatic nitrogens is 2. The number of hydrogen-bond donors (Lipinski definition) is 2. The number of hydrogen-bond acceptors (Lipinski definition) is 5. The molecule has 17 heavy (non-hydrogen) atoms. The van der Waals surface area contributed by atoms with Crippen molar-refractivity contribution in [1.82, 2.24) is 9.97 Å². The Bertz CT molecular complexity index is 531. The summed E-state index contributed by atoms with van der Waals surface area (Å²) in [5, 5.41) is 10.4. The van der Waals surface area contributed by atoms with Gasteiger partial charge in [0.1, 0.15) is 5.75 Å². The fraction of sp³-hybridized carbons (Fsp3) is 0.167. The van der Waals surface area contributed by atoms with E-state index in [0.717, 1.165) is 11.3 Å². The first-order chi connectivity index (χ1) is 8.15. The maximum atomic E-state index is 9.66. The number of aromatic hydroxyl groups is 1. The summed E-state index contributed by atoms with van der Waals surface area (Å²) in [6.07, 6.45) is 1.73. The van der Waals surface area contributed by atoms with Crippen LogP contribution in [-0.2, 0) is 5.75 Å². The molecule has 0 radical (unpaired) electrons. The highest BCUT2D eigenvalue weighted by Gasteiger charge is 2.04. The van der Waals surface area contributed by atoms with Crippen LogP contribution in [0.1, 0.15) is 11.3 Å². The minimum absolute atomic E-state index is 0.249. The van der Waals surface area contributed by atoms with Gasteiger partial charge in [0.05, 0.1) is 0 Å². The standard InChI is InChI=1S/C12H13N3OS/c1-8-4-5-14-12(15-8)17-7-9-6-10(13)2-3-11(9)16/h2-6,16H,7,13H2,1H3. The number of aryl methyl sites for hydroxylation is 1. The average Bonchev–Trinajstić information content (AvgIpc) is 2.30. The van der Waals surface area contributed by atoms with Crippen molar-refractivity contribution in [2.75, 3.05) is 5.73 Å². The van der Waals surface area contributed by atoms with Crippen LogP contribution in [0, 0.1) is 6.92 Å². The van der Waals surface area contributed by atoms with Gasteiger partial charge in [0.15, 0.2) is 5.16 Å². The minimum atomic E-state index is 0.249. The molecule has 4 nitrogen and oxygen atoms in total. The molecule has 88 valence electrons. The van der Waals surface area contributed by atoms with E-state index in [1.54, 1.807) is 24.4 Å². The zero-order valence-electron chi connectivity index (χ0n) is 9.42. The molecule has 5 heteroatoms. The summed E-state index contributed by atoms with van der Waals surface area (Å²) < 4.78 is 0. The first kappa shape index (κ1) is 11.7. The fourth-order valence-electron chi connectivity index (χ4n) is 1.36. The van der Waals surface area contributed by atoms with Gasteiger partial charge in [0.25, 0.3) is 0 Å². The molecule has 1 aromatic heterocycles. The van der Waals surface area contributed by atoms with Crippen molar-refractivity contribution in [2.24, 2.45) is 0 Å². The van der Waals surface area contributed by atoms with Gasteiger partial charge in [-0.2, -0.15) is 0 Å². The number of phenols is 1. The molecule has 3 N–H and O–H groups in total. The predicted molar refractivity (Wildman–Crippen MR) is 68.8 cm³/mol. The smallest absolute Gasteiger partial charge is 0.188 e. The van der Waals surface area contributed by atoms with Gasteiger partial charge >= 0.3 is 0 Å². The maximum absolute atomic E-state index is 9.66. The van der Waals surface area contributed by atoms with Gasteiger partial charge in [0, 0.05) is 28.9 Å². The highest BCUT2D eigenvalue weighted by atomic mass is 32.2. The Morgan fingerprint density at radius 3 is 2.94 bits per heavy atom. The molecular weight excluding hydrogens is 234 g/mol. The molecule has 0 spiro atoms. The summed E-state index contributed by atoms with van der Waals surface area (Å²) in [5.41, 5.74) is 8.03. The van der Waals surface area contributed by atoms with E-state index in [1.165, 1.54) is 11.8 Å². The largest absolute Gasteiger partial charge is 0.508 e. The number of nitrogen functional groups attached to an aromatic ring is 1. The van der Waals surface area contributed by atoms with Gasteiger partial charge in [-0.05, 0) is 31.2 Å². The third-order valence-corrected chi connectivity index (χ3v) is 3.14. The lowest BCUT2D eigenvalue weighted by atomic mass is 10.2. The van der Waals surface area contributed by atoms with E-state index in [2.05, 4.69) is 9.97 Å². The lowest BCUT2D eigenvalue weighted by Gasteiger charge is -2.05. The SMILES string of the molecule is Cc1ccnc(SCc2cc(N)ccc2O)n1.